The van der Waals surface area contributed by atoms with Crippen molar-refractivity contribution in [2.75, 3.05) is 6.54 Å². The topological polar surface area (TPSA) is 26.0 Å². The van der Waals surface area contributed by atoms with Crippen LogP contribution >= 0.6 is 11.6 Å². The van der Waals surface area contributed by atoms with Gasteiger partial charge >= 0.3 is 0 Å². The highest BCUT2D eigenvalue weighted by atomic mass is 35.5. The molecule has 1 atom stereocenters. The molecule has 0 saturated carbocycles. The lowest BCUT2D eigenvalue weighted by atomic mass is 10.00. The van der Waals surface area contributed by atoms with Crippen molar-refractivity contribution in [3.05, 3.63) is 34.3 Å². The molecule has 0 aliphatic carbocycles. The Bertz CT molecular complexity index is 271. The van der Waals surface area contributed by atoms with E-state index in [9.17, 15) is 0 Å². The largest absolute Gasteiger partial charge is 0.330 e. The van der Waals surface area contributed by atoms with Gasteiger partial charge in [-0.1, -0.05) is 36.2 Å². The summed E-state index contributed by atoms with van der Waals surface area (Å²) in [6.45, 7) is 4.78. The van der Waals surface area contributed by atoms with Gasteiger partial charge in [-0.15, -0.1) is 0 Å². The van der Waals surface area contributed by atoms with E-state index in [0.29, 0.717) is 12.5 Å². The van der Waals surface area contributed by atoms with Crippen LogP contribution in [-0.2, 0) is 0 Å². The molecule has 0 aliphatic rings. The molecule has 12 heavy (non-hydrogen) atoms. The number of hydrogen-bond acceptors (Lipinski definition) is 1. The standard InChI is InChI=1S/C10H14ClN/c1-7-3-4-10(11)9(5-7)8(2)6-12/h3-5,8H,6,12H2,1-2H3. The van der Waals surface area contributed by atoms with Crippen molar-refractivity contribution in [3.63, 3.8) is 0 Å². The highest BCUT2D eigenvalue weighted by Crippen LogP contribution is 2.24. The number of halogens is 1. The molecule has 0 spiro atoms. The predicted molar refractivity (Wildman–Crippen MR) is 53.7 cm³/mol. The number of aryl methyl sites for hydroxylation is 1. The molecule has 0 aromatic heterocycles. The molecule has 0 bridgehead atoms. The second-order valence-electron chi connectivity index (χ2n) is 3.16. The van der Waals surface area contributed by atoms with Crippen LogP contribution in [0.1, 0.15) is 24.0 Å². The molecule has 0 saturated heterocycles. The monoisotopic (exact) mass is 183 g/mol. The van der Waals surface area contributed by atoms with E-state index < -0.39 is 0 Å². The van der Waals surface area contributed by atoms with Crippen LogP contribution in [0.25, 0.3) is 0 Å². The number of nitrogens with two attached hydrogens (primary N) is 1. The summed E-state index contributed by atoms with van der Waals surface area (Å²) in [4.78, 5) is 0. The van der Waals surface area contributed by atoms with Crippen LogP contribution in [0.2, 0.25) is 5.02 Å². The molecule has 1 nitrogen and oxygen atoms in total. The summed E-state index contributed by atoms with van der Waals surface area (Å²) in [5.41, 5.74) is 7.95. The molecule has 0 fully saturated rings. The normalized spacial score (nSPS) is 13.0. The van der Waals surface area contributed by atoms with Gasteiger partial charge in [0, 0.05) is 5.02 Å². The van der Waals surface area contributed by atoms with E-state index in [1.54, 1.807) is 0 Å². The quantitative estimate of drug-likeness (QED) is 0.750. The fraction of sp³-hybridized carbons (Fsp3) is 0.400. The number of hydrogen-bond donors (Lipinski definition) is 1. The Labute approximate surface area is 78.5 Å². The lowest BCUT2D eigenvalue weighted by molar-refractivity contribution is 0.773. The summed E-state index contributed by atoms with van der Waals surface area (Å²) in [6.07, 6.45) is 0. The first-order chi connectivity index (χ1) is 5.65. The molecule has 0 aliphatic heterocycles. The molecule has 0 amide bonds. The summed E-state index contributed by atoms with van der Waals surface area (Å²) in [6, 6.07) is 6.04. The third kappa shape index (κ3) is 1.99. The van der Waals surface area contributed by atoms with E-state index in [0.717, 1.165) is 10.6 Å². The predicted octanol–water partition coefficient (Wildman–Crippen LogP) is 2.71. The SMILES string of the molecule is Cc1ccc(Cl)c(C(C)CN)c1. The molecular weight excluding hydrogens is 170 g/mol. The zero-order valence-electron chi connectivity index (χ0n) is 7.47. The third-order valence-electron chi connectivity index (χ3n) is 2.04. The van der Waals surface area contributed by atoms with Crippen molar-refractivity contribution in [1.82, 2.24) is 0 Å². The van der Waals surface area contributed by atoms with Gasteiger partial charge in [0.15, 0.2) is 0 Å². The first kappa shape index (κ1) is 9.56. The van der Waals surface area contributed by atoms with Gasteiger partial charge in [-0.05, 0) is 31.0 Å². The maximum Gasteiger partial charge on any atom is 0.0441 e. The van der Waals surface area contributed by atoms with Gasteiger partial charge in [-0.25, -0.2) is 0 Å². The fourth-order valence-electron chi connectivity index (χ4n) is 1.17. The van der Waals surface area contributed by atoms with E-state index in [4.69, 9.17) is 17.3 Å². The van der Waals surface area contributed by atoms with E-state index >= 15 is 0 Å². The Morgan fingerprint density at radius 2 is 2.17 bits per heavy atom. The molecule has 1 rings (SSSR count). The summed E-state index contributed by atoms with van der Waals surface area (Å²) in [5.74, 6) is 0.345. The maximum absolute atomic E-state index is 6.01. The zero-order chi connectivity index (χ0) is 9.14. The van der Waals surface area contributed by atoms with Gasteiger partial charge in [0.25, 0.3) is 0 Å². The van der Waals surface area contributed by atoms with Gasteiger partial charge in [0.1, 0.15) is 0 Å². The molecule has 0 heterocycles. The van der Waals surface area contributed by atoms with Crippen molar-refractivity contribution in [3.8, 4) is 0 Å². The number of rotatable bonds is 2. The van der Waals surface area contributed by atoms with Gasteiger partial charge < -0.3 is 5.73 Å². The minimum Gasteiger partial charge on any atom is -0.330 e. The Kier molecular flexibility index (Phi) is 3.12. The smallest absolute Gasteiger partial charge is 0.0441 e. The average Bonchev–Trinajstić information content (AvgIpc) is 2.08. The summed E-state index contributed by atoms with van der Waals surface area (Å²) >= 11 is 6.01. The Morgan fingerprint density at radius 3 is 2.75 bits per heavy atom. The summed E-state index contributed by atoms with van der Waals surface area (Å²) in [5, 5.41) is 0.818. The maximum atomic E-state index is 6.01. The van der Waals surface area contributed by atoms with Crippen LogP contribution in [0.5, 0.6) is 0 Å². The molecule has 1 unspecified atom stereocenters. The lowest BCUT2D eigenvalue weighted by Crippen LogP contribution is -2.09. The molecule has 1 aromatic carbocycles. The number of benzene rings is 1. The minimum absolute atomic E-state index is 0.345. The highest BCUT2D eigenvalue weighted by molar-refractivity contribution is 6.31. The van der Waals surface area contributed by atoms with Gasteiger partial charge in [0.05, 0.1) is 0 Å². The van der Waals surface area contributed by atoms with E-state index in [2.05, 4.69) is 19.9 Å². The summed E-state index contributed by atoms with van der Waals surface area (Å²) in [7, 11) is 0. The molecule has 2 N–H and O–H groups in total. The average molecular weight is 184 g/mol. The van der Waals surface area contributed by atoms with Gasteiger partial charge in [-0.2, -0.15) is 0 Å². The molecule has 2 heteroatoms. The lowest BCUT2D eigenvalue weighted by Gasteiger charge is -2.11. The summed E-state index contributed by atoms with van der Waals surface area (Å²) < 4.78 is 0. The second kappa shape index (κ2) is 3.92. The van der Waals surface area contributed by atoms with E-state index in [-0.39, 0.29) is 0 Å². The first-order valence-corrected chi connectivity index (χ1v) is 4.49. The third-order valence-corrected chi connectivity index (χ3v) is 2.38. The van der Waals surface area contributed by atoms with Crippen molar-refractivity contribution in [2.45, 2.75) is 19.8 Å². The van der Waals surface area contributed by atoms with Crippen LogP contribution < -0.4 is 5.73 Å². The van der Waals surface area contributed by atoms with Crippen LogP contribution in [0.3, 0.4) is 0 Å². The Morgan fingerprint density at radius 1 is 1.50 bits per heavy atom. The molecule has 66 valence electrons. The van der Waals surface area contributed by atoms with Gasteiger partial charge in [0.2, 0.25) is 0 Å². The van der Waals surface area contributed by atoms with Crippen LogP contribution in [0, 0.1) is 6.92 Å². The van der Waals surface area contributed by atoms with Crippen molar-refractivity contribution in [1.29, 1.82) is 0 Å². The Hall–Kier alpha value is -0.530. The fourth-order valence-corrected chi connectivity index (χ4v) is 1.47. The van der Waals surface area contributed by atoms with Crippen molar-refractivity contribution >= 4 is 11.6 Å². The molecule has 1 aromatic rings. The van der Waals surface area contributed by atoms with Gasteiger partial charge in [-0.3, -0.25) is 0 Å². The highest BCUT2D eigenvalue weighted by Gasteiger charge is 2.07. The minimum atomic E-state index is 0.345. The van der Waals surface area contributed by atoms with E-state index in [1.807, 2.05) is 12.1 Å². The van der Waals surface area contributed by atoms with Crippen molar-refractivity contribution in [2.24, 2.45) is 5.73 Å². The first-order valence-electron chi connectivity index (χ1n) is 4.11. The zero-order valence-corrected chi connectivity index (χ0v) is 8.23. The van der Waals surface area contributed by atoms with Crippen LogP contribution in [-0.4, -0.2) is 6.54 Å². The van der Waals surface area contributed by atoms with Crippen molar-refractivity contribution < 1.29 is 0 Å². The molecular formula is C10H14ClN. The van der Waals surface area contributed by atoms with E-state index in [1.165, 1.54) is 5.56 Å². The Balaban J connectivity index is 3.04. The van der Waals surface area contributed by atoms with Crippen LogP contribution in [0.4, 0.5) is 0 Å². The van der Waals surface area contributed by atoms with Crippen LogP contribution in [0.15, 0.2) is 18.2 Å². The second-order valence-corrected chi connectivity index (χ2v) is 3.57. The molecule has 0 radical (unpaired) electrons.